The van der Waals surface area contributed by atoms with Crippen LogP contribution in [0.2, 0.25) is 0 Å². The van der Waals surface area contributed by atoms with Crippen molar-refractivity contribution in [3.63, 3.8) is 0 Å². The molecule has 0 fully saturated rings. The third-order valence-corrected chi connectivity index (χ3v) is 6.48. The van der Waals surface area contributed by atoms with Crippen molar-refractivity contribution in [1.82, 2.24) is 9.97 Å². The lowest BCUT2D eigenvalue weighted by molar-refractivity contribution is 0.0693. The molecule has 6 nitrogen and oxygen atoms in total. The smallest absolute Gasteiger partial charge is 0.336 e. The lowest BCUT2D eigenvalue weighted by Crippen LogP contribution is -2.07. The number of carboxylic acid groups (broad SMARTS) is 1. The lowest BCUT2D eigenvalue weighted by atomic mass is 10.1. The second kappa shape index (κ2) is 9.87. The summed E-state index contributed by atoms with van der Waals surface area (Å²) in [6, 6.07) is 15.3. The van der Waals surface area contributed by atoms with Crippen molar-refractivity contribution >= 4 is 34.5 Å². The Labute approximate surface area is 191 Å². The quantitative estimate of drug-likeness (QED) is 0.302. The number of carbonyl (C=O) groups is 1. The molecule has 2 N–H and O–H groups in total. The number of nitrogens with one attached hydrogen (secondary N) is 1. The topological polar surface area (TPSA) is 88.3 Å². The molecule has 0 saturated carbocycles. The monoisotopic (exact) mass is 447 g/mol. The number of carboxylic acids is 1. The number of benzene rings is 2. The van der Waals surface area contributed by atoms with E-state index < -0.39 is 5.97 Å². The molecule has 4 rings (SSSR count). The molecule has 7 heteroatoms. The van der Waals surface area contributed by atoms with Crippen molar-refractivity contribution in [2.75, 3.05) is 17.6 Å². The molecular weight excluding hydrogens is 422 g/mol. The highest BCUT2D eigenvalue weighted by atomic mass is 32.2. The molecule has 0 unspecified atom stereocenters. The Morgan fingerprint density at radius 1 is 1.16 bits per heavy atom. The van der Waals surface area contributed by atoms with Gasteiger partial charge in [0.25, 0.3) is 0 Å². The number of para-hydroxylation sites is 1. The molecule has 4 aromatic rings. The van der Waals surface area contributed by atoms with E-state index in [-0.39, 0.29) is 0 Å². The molecule has 0 bridgehead atoms. The van der Waals surface area contributed by atoms with Gasteiger partial charge in [0.1, 0.15) is 23.5 Å². The number of nitrogens with zero attached hydrogens (tertiary/aromatic N) is 2. The maximum Gasteiger partial charge on any atom is 0.336 e. The first kappa shape index (κ1) is 21.9. The minimum Gasteiger partial charge on any atom is -0.478 e. The van der Waals surface area contributed by atoms with Crippen LogP contribution in [-0.2, 0) is 6.42 Å². The van der Waals surface area contributed by atoms with Gasteiger partial charge in [0, 0.05) is 34.0 Å². The van der Waals surface area contributed by atoms with Gasteiger partial charge in [-0.1, -0.05) is 31.2 Å². The van der Waals surface area contributed by atoms with Gasteiger partial charge in [0.2, 0.25) is 0 Å². The Morgan fingerprint density at radius 3 is 2.81 bits per heavy atom. The third-order valence-electron chi connectivity index (χ3n) is 5.22. The van der Waals surface area contributed by atoms with Gasteiger partial charge in [-0.3, -0.25) is 0 Å². The number of aromatic carboxylic acids is 1. The number of fused-ring (bicyclic) bond motifs is 1. The molecular formula is C25H25N3O3S. The van der Waals surface area contributed by atoms with Crippen molar-refractivity contribution in [1.29, 1.82) is 0 Å². The van der Waals surface area contributed by atoms with E-state index in [2.05, 4.69) is 28.3 Å². The number of furan rings is 1. The number of anilines is 1. The van der Waals surface area contributed by atoms with Crippen LogP contribution in [0.1, 0.15) is 35.0 Å². The first-order chi connectivity index (χ1) is 15.6. The standard InChI is InChI=1S/C25H25N3O3S/c1-3-12-32-23-13-17(8-9-20(23)25(29)30)21-14-24(28-15-27-21)26-11-10-18-16(2)31-22-7-5-4-6-19(18)22/h4-9,13-15H,3,10-12H2,1-2H3,(H,29,30)(H,26,27,28). The van der Waals surface area contributed by atoms with Gasteiger partial charge in [-0.05, 0) is 43.7 Å². The van der Waals surface area contributed by atoms with Crippen molar-refractivity contribution in [3.8, 4) is 11.3 Å². The summed E-state index contributed by atoms with van der Waals surface area (Å²) in [5.74, 6) is 1.61. The number of hydrogen-bond acceptors (Lipinski definition) is 6. The molecule has 0 aliphatic heterocycles. The molecule has 0 aliphatic carbocycles. The number of aromatic nitrogens is 2. The maximum absolute atomic E-state index is 11.6. The first-order valence-electron chi connectivity index (χ1n) is 10.6. The zero-order chi connectivity index (χ0) is 22.5. The fourth-order valence-corrected chi connectivity index (χ4v) is 4.59. The van der Waals surface area contributed by atoms with Crippen LogP contribution < -0.4 is 5.32 Å². The predicted octanol–water partition coefficient (Wildman–Crippen LogP) is 6.05. The summed E-state index contributed by atoms with van der Waals surface area (Å²) in [5, 5.41) is 14.0. The van der Waals surface area contributed by atoms with Crippen LogP contribution in [0.25, 0.3) is 22.2 Å². The highest BCUT2D eigenvalue weighted by Gasteiger charge is 2.13. The zero-order valence-electron chi connectivity index (χ0n) is 18.1. The SMILES string of the molecule is CCCSc1cc(-c2cc(NCCc3c(C)oc4ccccc34)ncn2)ccc1C(=O)O. The summed E-state index contributed by atoms with van der Waals surface area (Å²) in [4.78, 5) is 21.0. The van der Waals surface area contributed by atoms with E-state index in [4.69, 9.17) is 4.42 Å². The fourth-order valence-electron chi connectivity index (χ4n) is 3.65. The minimum absolute atomic E-state index is 0.322. The summed E-state index contributed by atoms with van der Waals surface area (Å²) < 4.78 is 5.85. The van der Waals surface area contributed by atoms with E-state index >= 15 is 0 Å². The molecule has 0 spiro atoms. The van der Waals surface area contributed by atoms with Crippen LogP contribution in [-0.4, -0.2) is 33.3 Å². The van der Waals surface area contributed by atoms with Crippen LogP contribution in [0.4, 0.5) is 5.82 Å². The largest absolute Gasteiger partial charge is 0.478 e. The Hall–Kier alpha value is -3.32. The van der Waals surface area contributed by atoms with Crippen molar-refractivity contribution < 1.29 is 14.3 Å². The highest BCUT2D eigenvalue weighted by Crippen LogP contribution is 2.30. The first-order valence-corrected chi connectivity index (χ1v) is 11.6. The number of thioether (sulfide) groups is 1. The number of aryl methyl sites for hydroxylation is 1. The summed E-state index contributed by atoms with van der Waals surface area (Å²) >= 11 is 1.55. The number of rotatable bonds is 9. The molecule has 164 valence electrons. The van der Waals surface area contributed by atoms with Crippen molar-refractivity contribution in [2.45, 2.75) is 31.6 Å². The molecule has 0 atom stereocenters. The fraction of sp³-hybridized carbons (Fsp3) is 0.240. The van der Waals surface area contributed by atoms with Crippen LogP contribution in [0, 0.1) is 6.92 Å². The third kappa shape index (κ3) is 4.78. The van der Waals surface area contributed by atoms with Gasteiger partial charge >= 0.3 is 5.97 Å². The summed E-state index contributed by atoms with van der Waals surface area (Å²) in [6.45, 7) is 4.77. The minimum atomic E-state index is -0.915. The van der Waals surface area contributed by atoms with E-state index in [1.165, 1.54) is 11.9 Å². The van der Waals surface area contributed by atoms with Crippen LogP contribution in [0.5, 0.6) is 0 Å². The normalized spacial score (nSPS) is 11.1. The zero-order valence-corrected chi connectivity index (χ0v) is 18.9. The molecule has 2 heterocycles. The van der Waals surface area contributed by atoms with E-state index in [0.717, 1.165) is 57.3 Å². The average molecular weight is 448 g/mol. The number of hydrogen-bond donors (Lipinski definition) is 2. The van der Waals surface area contributed by atoms with Crippen LogP contribution in [0.15, 0.2) is 64.2 Å². The second-order valence-electron chi connectivity index (χ2n) is 7.46. The molecule has 0 saturated heterocycles. The Kier molecular flexibility index (Phi) is 6.75. The molecule has 0 aliphatic rings. The maximum atomic E-state index is 11.6. The van der Waals surface area contributed by atoms with Gasteiger partial charge in [-0.15, -0.1) is 11.8 Å². The van der Waals surface area contributed by atoms with E-state index in [1.807, 2.05) is 37.3 Å². The summed E-state index contributed by atoms with van der Waals surface area (Å²) in [5.41, 5.74) is 4.05. The Balaban J connectivity index is 1.50. The van der Waals surface area contributed by atoms with Crippen LogP contribution >= 0.6 is 11.8 Å². The van der Waals surface area contributed by atoms with Crippen molar-refractivity contribution in [2.24, 2.45) is 0 Å². The summed E-state index contributed by atoms with van der Waals surface area (Å²) in [7, 11) is 0. The van der Waals surface area contributed by atoms with Gasteiger partial charge in [-0.2, -0.15) is 0 Å². The van der Waals surface area contributed by atoms with E-state index in [1.54, 1.807) is 23.9 Å². The Morgan fingerprint density at radius 2 is 2.00 bits per heavy atom. The molecule has 2 aromatic carbocycles. The molecule has 0 amide bonds. The predicted molar refractivity (Wildman–Crippen MR) is 129 cm³/mol. The van der Waals surface area contributed by atoms with Crippen LogP contribution in [0.3, 0.4) is 0 Å². The van der Waals surface area contributed by atoms with Gasteiger partial charge < -0.3 is 14.8 Å². The lowest BCUT2D eigenvalue weighted by Gasteiger charge is -2.10. The van der Waals surface area contributed by atoms with Gasteiger partial charge in [-0.25, -0.2) is 14.8 Å². The van der Waals surface area contributed by atoms with Crippen molar-refractivity contribution in [3.05, 3.63) is 71.7 Å². The van der Waals surface area contributed by atoms with E-state index in [9.17, 15) is 9.90 Å². The second-order valence-corrected chi connectivity index (χ2v) is 8.60. The highest BCUT2D eigenvalue weighted by molar-refractivity contribution is 7.99. The molecule has 2 aromatic heterocycles. The average Bonchev–Trinajstić information content (AvgIpc) is 3.12. The van der Waals surface area contributed by atoms with Gasteiger partial charge in [0.15, 0.2) is 0 Å². The van der Waals surface area contributed by atoms with E-state index in [0.29, 0.717) is 12.1 Å². The van der Waals surface area contributed by atoms with Gasteiger partial charge in [0.05, 0.1) is 11.3 Å². The molecule has 32 heavy (non-hydrogen) atoms. The Bertz CT molecular complexity index is 1250. The molecule has 0 radical (unpaired) electrons. The summed E-state index contributed by atoms with van der Waals surface area (Å²) in [6.07, 6.45) is 3.31.